The maximum absolute atomic E-state index is 9.55. The van der Waals surface area contributed by atoms with Crippen molar-refractivity contribution in [3.8, 4) is 0 Å². The number of para-hydroxylation sites is 1. The molecule has 2 aliphatic heterocycles. The van der Waals surface area contributed by atoms with Crippen molar-refractivity contribution in [1.29, 1.82) is 0 Å². The summed E-state index contributed by atoms with van der Waals surface area (Å²) in [7, 11) is 0. The SMILES string of the molecule is CCCCCCCCC(C)C1CC2(CCNCC2)N1c1ccccc1.O=C(O)/C=C/C(=O)O. The summed E-state index contributed by atoms with van der Waals surface area (Å²) in [6.07, 6.45) is 15.0. The number of carboxylic acid groups (broad SMARTS) is 2. The van der Waals surface area contributed by atoms with Gasteiger partial charge in [0, 0.05) is 29.4 Å². The molecule has 2 saturated heterocycles. The van der Waals surface area contributed by atoms with Crippen LogP contribution in [0.3, 0.4) is 0 Å². The predicted molar refractivity (Wildman–Crippen MR) is 134 cm³/mol. The van der Waals surface area contributed by atoms with E-state index in [1.54, 1.807) is 0 Å². The third-order valence-electron chi connectivity index (χ3n) is 7.04. The number of piperidine rings is 1. The van der Waals surface area contributed by atoms with E-state index < -0.39 is 11.9 Å². The quantitative estimate of drug-likeness (QED) is 0.300. The largest absolute Gasteiger partial charge is 0.478 e. The topological polar surface area (TPSA) is 89.9 Å². The summed E-state index contributed by atoms with van der Waals surface area (Å²) in [6.45, 7) is 7.16. The normalized spacial score (nSPS) is 20.1. The van der Waals surface area contributed by atoms with Crippen molar-refractivity contribution in [3.63, 3.8) is 0 Å². The maximum Gasteiger partial charge on any atom is 0.328 e. The third-order valence-corrected chi connectivity index (χ3v) is 7.04. The van der Waals surface area contributed by atoms with Crippen molar-refractivity contribution in [2.45, 2.75) is 89.6 Å². The first-order valence-corrected chi connectivity index (χ1v) is 12.6. The van der Waals surface area contributed by atoms with E-state index in [0.717, 1.165) is 12.0 Å². The van der Waals surface area contributed by atoms with Crippen LogP contribution in [0.1, 0.15) is 78.1 Å². The first-order valence-electron chi connectivity index (χ1n) is 12.6. The molecule has 6 nitrogen and oxygen atoms in total. The summed E-state index contributed by atoms with van der Waals surface area (Å²) in [4.78, 5) is 21.9. The van der Waals surface area contributed by atoms with Gasteiger partial charge in [0.15, 0.2) is 0 Å². The highest BCUT2D eigenvalue weighted by atomic mass is 16.4. The van der Waals surface area contributed by atoms with Crippen LogP contribution in [0, 0.1) is 5.92 Å². The lowest BCUT2D eigenvalue weighted by molar-refractivity contribution is -0.134. The second-order valence-electron chi connectivity index (χ2n) is 9.49. The second-order valence-corrected chi connectivity index (χ2v) is 9.49. The summed E-state index contributed by atoms with van der Waals surface area (Å²) < 4.78 is 0. The summed E-state index contributed by atoms with van der Waals surface area (Å²) >= 11 is 0. The summed E-state index contributed by atoms with van der Waals surface area (Å²) in [5.41, 5.74) is 1.89. The van der Waals surface area contributed by atoms with Gasteiger partial charge in [0.1, 0.15) is 0 Å². The first kappa shape index (κ1) is 26.9. The highest BCUT2D eigenvalue weighted by Crippen LogP contribution is 2.49. The van der Waals surface area contributed by atoms with Gasteiger partial charge in [-0.2, -0.15) is 0 Å². The standard InChI is InChI=1S/C23H38N2.C4H4O4/c1-3-4-5-6-7-9-12-20(2)22-19-23(15-17-24-18-16-23)25(22)21-13-10-8-11-14-21;5-3(6)1-2-4(7)8/h8,10-11,13-14,20,22,24H,3-7,9,12,15-19H2,1-2H3;1-2H,(H,5,6)(H,7,8)/b;2-1+. The average molecular weight is 459 g/mol. The number of hydrogen-bond donors (Lipinski definition) is 3. The molecule has 0 amide bonds. The number of nitrogens with one attached hydrogen (secondary N) is 1. The molecule has 2 heterocycles. The minimum atomic E-state index is -1.26. The molecule has 3 rings (SSSR count). The van der Waals surface area contributed by atoms with E-state index in [1.807, 2.05) is 0 Å². The molecule has 2 atom stereocenters. The Morgan fingerprint density at radius 1 is 1.03 bits per heavy atom. The lowest BCUT2D eigenvalue weighted by Gasteiger charge is -2.63. The average Bonchev–Trinajstić information content (AvgIpc) is 2.80. The number of benzene rings is 1. The summed E-state index contributed by atoms with van der Waals surface area (Å²) in [5.74, 6) is -1.70. The van der Waals surface area contributed by atoms with Crippen molar-refractivity contribution in [3.05, 3.63) is 42.5 Å². The molecular weight excluding hydrogens is 416 g/mol. The summed E-state index contributed by atoms with van der Waals surface area (Å²) in [5, 5.41) is 19.2. The highest BCUT2D eigenvalue weighted by molar-refractivity contribution is 5.89. The fourth-order valence-corrected chi connectivity index (χ4v) is 5.25. The van der Waals surface area contributed by atoms with Gasteiger partial charge >= 0.3 is 11.9 Å². The zero-order chi connectivity index (χ0) is 24.1. The number of carbonyl (C=O) groups is 2. The molecule has 33 heavy (non-hydrogen) atoms. The van der Waals surface area contributed by atoms with Crippen LogP contribution in [-0.4, -0.2) is 46.8 Å². The van der Waals surface area contributed by atoms with E-state index in [2.05, 4.69) is 54.4 Å². The molecule has 1 aromatic rings. The molecule has 0 saturated carbocycles. The zero-order valence-corrected chi connectivity index (χ0v) is 20.3. The van der Waals surface area contributed by atoms with Gasteiger partial charge in [-0.15, -0.1) is 0 Å². The Balaban J connectivity index is 0.000000414. The molecule has 2 fully saturated rings. The van der Waals surface area contributed by atoms with Gasteiger partial charge < -0.3 is 20.4 Å². The highest BCUT2D eigenvalue weighted by Gasteiger charge is 2.52. The molecule has 1 aromatic carbocycles. The van der Waals surface area contributed by atoms with Crippen molar-refractivity contribution < 1.29 is 19.8 Å². The van der Waals surface area contributed by atoms with Crippen LogP contribution in [-0.2, 0) is 9.59 Å². The lowest BCUT2D eigenvalue weighted by atomic mass is 9.67. The van der Waals surface area contributed by atoms with E-state index >= 15 is 0 Å². The molecule has 184 valence electrons. The number of unbranched alkanes of at least 4 members (excludes halogenated alkanes) is 5. The van der Waals surface area contributed by atoms with Crippen LogP contribution in [0.5, 0.6) is 0 Å². The van der Waals surface area contributed by atoms with Crippen LogP contribution < -0.4 is 10.2 Å². The van der Waals surface area contributed by atoms with E-state index in [9.17, 15) is 9.59 Å². The smallest absolute Gasteiger partial charge is 0.328 e. The Kier molecular flexibility index (Phi) is 11.4. The number of carboxylic acids is 2. The van der Waals surface area contributed by atoms with Crippen LogP contribution >= 0.6 is 0 Å². The van der Waals surface area contributed by atoms with E-state index in [0.29, 0.717) is 17.7 Å². The van der Waals surface area contributed by atoms with Gasteiger partial charge in [0.2, 0.25) is 0 Å². The molecule has 6 heteroatoms. The Morgan fingerprint density at radius 2 is 1.61 bits per heavy atom. The Bertz CT molecular complexity index is 728. The Morgan fingerprint density at radius 3 is 2.18 bits per heavy atom. The Hall–Kier alpha value is -2.34. The van der Waals surface area contributed by atoms with E-state index in [1.165, 1.54) is 83.0 Å². The predicted octanol–water partition coefficient (Wildman–Crippen LogP) is 5.49. The van der Waals surface area contributed by atoms with Gasteiger partial charge in [0.05, 0.1) is 0 Å². The zero-order valence-electron chi connectivity index (χ0n) is 20.3. The molecule has 0 bridgehead atoms. The third kappa shape index (κ3) is 8.50. The minimum Gasteiger partial charge on any atom is -0.478 e. The minimum absolute atomic E-state index is 0.437. The van der Waals surface area contributed by atoms with Gasteiger partial charge in [-0.1, -0.05) is 70.6 Å². The van der Waals surface area contributed by atoms with Crippen LogP contribution in [0.15, 0.2) is 42.5 Å². The maximum atomic E-state index is 9.55. The van der Waals surface area contributed by atoms with Gasteiger partial charge in [-0.3, -0.25) is 0 Å². The fourth-order valence-electron chi connectivity index (χ4n) is 5.25. The van der Waals surface area contributed by atoms with Gasteiger partial charge in [0.25, 0.3) is 0 Å². The van der Waals surface area contributed by atoms with Crippen LogP contribution in [0.25, 0.3) is 0 Å². The number of hydrogen-bond acceptors (Lipinski definition) is 4. The van der Waals surface area contributed by atoms with Gasteiger partial charge in [-0.25, -0.2) is 9.59 Å². The van der Waals surface area contributed by atoms with Crippen molar-refractivity contribution in [2.75, 3.05) is 18.0 Å². The van der Waals surface area contributed by atoms with Crippen LogP contribution in [0.4, 0.5) is 5.69 Å². The molecule has 2 aliphatic rings. The number of anilines is 1. The number of aliphatic carboxylic acids is 2. The van der Waals surface area contributed by atoms with E-state index in [-0.39, 0.29) is 0 Å². The van der Waals surface area contributed by atoms with Crippen LogP contribution in [0.2, 0.25) is 0 Å². The second kappa shape index (κ2) is 14.0. The number of nitrogens with zero attached hydrogens (tertiary/aromatic N) is 1. The molecule has 2 unspecified atom stereocenters. The first-order chi connectivity index (χ1) is 15.9. The van der Waals surface area contributed by atoms with Gasteiger partial charge in [-0.05, 0) is 56.8 Å². The fraction of sp³-hybridized carbons (Fsp3) is 0.630. The van der Waals surface area contributed by atoms with E-state index in [4.69, 9.17) is 10.2 Å². The number of rotatable bonds is 11. The monoisotopic (exact) mass is 458 g/mol. The lowest BCUT2D eigenvalue weighted by Crippen LogP contribution is -2.70. The molecule has 0 radical (unpaired) electrons. The van der Waals surface area contributed by atoms with Crippen molar-refractivity contribution in [1.82, 2.24) is 5.32 Å². The molecule has 0 aromatic heterocycles. The Labute approximate surface area is 199 Å². The molecular formula is C27H42N2O4. The summed E-state index contributed by atoms with van der Waals surface area (Å²) in [6, 6.07) is 12.0. The molecule has 1 spiro atoms. The van der Waals surface area contributed by atoms with Crippen molar-refractivity contribution in [2.24, 2.45) is 5.92 Å². The molecule has 3 N–H and O–H groups in total. The van der Waals surface area contributed by atoms with Crippen molar-refractivity contribution >= 4 is 17.6 Å². The molecule has 0 aliphatic carbocycles.